The summed E-state index contributed by atoms with van der Waals surface area (Å²) in [6, 6.07) is 6.48. The molecule has 6 nitrogen and oxygen atoms in total. The number of benzene rings is 1. The second-order valence-corrected chi connectivity index (χ2v) is 6.32. The number of nitro benzene ring substituents is 1. The van der Waals surface area contributed by atoms with Gasteiger partial charge in [-0.05, 0) is 44.3 Å². The number of nitrogens with zero attached hydrogens (tertiary/aromatic N) is 2. The number of piperidine rings is 3. The maximum absolute atomic E-state index is 12.4. The van der Waals surface area contributed by atoms with Gasteiger partial charge in [0.2, 0.25) is 5.91 Å². The van der Waals surface area contributed by atoms with E-state index in [1.807, 2.05) is 6.92 Å². The predicted octanol–water partition coefficient (Wildman–Crippen LogP) is 1.91. The first-order valence-corrected chi connectivity index (χ1v) is 7.81. The molecule has 0 saturated carbocycles. The van der Waals surface area contributed by atoms with Gasteiger partial charge in [-0.2, -0.15) is 0 Å². The number of fused-ring (bicyclic) bond motifs is 3. The summed E-state index contributed by atoms with van der Waals surface area (Å²) in [6.07, 6.45) is 2.33. The Morgan fingerprint density at radius 3 is 2.45 bits per heavy atom. The van der Waals surface area contributed by atoms with E-state index in [-0.39, 0.29) is 23.6 Å². The Morgan fingerprint density at radius 1 is 1.32 bits per heavy atom. The Morgan fingerprint density at radius 2 is 1.95 bits per heavy atom. The average Bonchev–Trinajstić information content (AvgIpc) is 2.55. The highest BCUT2D eigenvalue weighted by atomic mass is 16.6. The molecule has 4 rings (SSSR count). The Bertz CT molecular complexity index is 565. The third kappa shape index (κ3) is 2.97. The fourth-order valence-corrected chi connectivity index (χ4v) is 3.47. The summed E-state index contributed by atoms with van der Waals surface area (Å²) < 4.78 is 0. The number of nitro groups is 1. The summed E-state index contributed by atoms with van der Waals surface area (Å²) in [5.41, 5.74) is 0.859. The highest BCUT2D eigenvalue weighted by Crippen LogP contribution is 2.28. The molecular weight excluding hydrogens is 282 g/mol. The lowest BCUT2D eigenvalue weighted by molar-refractivity contribution is -0.384. The van der Waals surface area contributed by atoms with Crippen LogP contribution in [0.4, 0.5) is 5.69 Å². The van der Waals surface area contributed by atoms with Gasteiger partial charge in [0, 0.05) is 24.7 Å². The number of carbonyl (C=O) groups excluding carboxylic acids is 1. The first kappa shape index (κ1) is 15.0. The van der Waals surface area contributed by atoms with Crippen LogP contribution in [0, 0.1) is 16.0 Å². The molecule has 1 aromatic carbocycles. The van der Waals surface area contributed by atoms with Crippen LogP contribution >= 0.6 is 0 Å². The van der Waals surface area contributed by atoms with Crippen molar-refractivity contribution in [3.05, 3.63) is 39.9 Å². The van der Waals surface area contributed by atoms with Gasteiger partial charge >= 0.3 is 0 Å². The van der Waals surface area contributed by atoms with E-state index in [0.29, 0.717) is 5.92 Å². The van der Waals surface area contributed by atoms with Crippen LogP contribution in [0.3, 0.4) is 0 Å². The van der Waals surface area contributed by atoms with Crippen LogP contribution in [-0.4, -0.2) is 41.4 Å². The number of carbonyl (C=O) groups is 1. The first-order chi connectivity index (χ1) is 10.5. The van der Waals surface area contributed by atoms with Crippen molar-refractivity contribution < 1.29 is 9.72 Å². The highest BCUT2D eigenvalue weighted by molar-refractivity contribution is 5.83. The summed E-state index contributed by atoms with van der Waals surface area (Å²) in [4.78, 5) is 25.1. The quantitative estimate of drug-likeness (QED) is 0.681. The van der Waals surface area contributed by atoms with Crippen molar-refractivity contribution in [2.75, 3.05) is 19.6 Å². The lowest BCUT2D eigenvalue weighted by Gasteiger charge is -2.45. The topological polar surface area (TPSA) is 75.5 Å². The zero-order chi connectivity index (χ0) is 15.7. The molecule has 0 aromatic heterocycles. The van der Waals surface area contributed by atoms with Gasteiger partial charge in [-0.25, -0.2) is 0 Å². The van der Waals surface area contributed by atoms with Gasteiger partial charge in [0.25, 0.3) is 5.69 Å². The maximum atomic E-state index is 12.4. The predicted molar refractivity (Wildman–Crippen MR) is 82.6 cm³/mol. The van der Waals surface area contributed by atoms with Crippen LogP contribution in [-0.2, 0) is 4.79 Å². The van der Waals surface area contributed by atoms with E-state index in [9.17, 15) is 14.9 Å². The van der Waals surface area contributed by atoms with Gasteiger partial charge in [0.1, 0.15) is 0 Å². The molecule has 2 unspecified atom stereocenters. The summed E-state index contributed by atoms with van der Waals surface area (Å²) in [6.45, 7) is 5.09. The normalized spacial score (nSPS) is 28.1. The second kappa shape index (κ2) is 6.04. The molecule has 0 spiro atoms. The summed E-state index contributed by atoms with van der Waals surface area (Å²) >= 11 is 0. The third-order valence-corrected chi connectivity index (χ3v) is 4.98. The van der Waals surface area contributed by atoms with E-state index in [1.54, 1.807) is 12.1 Å². The van der Waals surface area contributed by atoms with E-state index in [1.165, 1.54) is 12.1 Å². The van der Waals surface area contributed by atoms with Crippen LogP contribution in [0.1, 0.15) is 31.2 Å². The minimum Gasteiger partial charge on any atom is -0.351 e. The molecule has 1 aromatic rings. The monoisotopic (exact) mass is 303 g/mol. The molecule has 0 aliphatic carbocycles. The van der Waals surface area contributed by atoms with Crippen molar-refractivity contribution in [3.63, 3.8) is 0 Å². The van der Waals surface area contributed by atoms with E-state index in [2.05, 4.69) is 10.2 Å². The van der Waals surface area contributed by atoms with Crippen LogP contribution in [0.15, 0.2) is 24.3 Å². The van der Waals surface area contributed by atoms with Crippen LogP contribution in [0.5, 0.6) is 0 Å². The number of hydrogen-bond donors (Lipinski definition) is 1. The SMILES string of the molecule is CC(C(=O)NC1CN2CCC1CC2)c1ccc([N+](=O)[O-])cc1. The molecule has 2 bridgehead atoms. The lowest BCUT2D eigenvalue weighted by atomic mass is 9.83. The fraction of sp³-hybridized carbons (Fsp3) is 0.562. The number of non-ortho nitro benzene ring substituents is 1. The lowest BCUT2D eigenvalue weighted by Crippen LogP contribution is -2.57. The highest BCUT2D eigenvalue weighted by Gasteiger charge is 2.35. The van der Waals surface area contributed by atoms with Gasteiger partial charge < -0.3 is 10.2 Å². The van der Waals surface area contributed by atoms with Crippen molar-refractivity contribution in [1.29, 1.82) is 0 Å². The summed E-state index contributed by atoms with van der Waals surface area (Å²) in [7, 11) is 0. The van der Waals surface area contributed by atoms with Gasteiger partial charge in [-0.15, -0.1) is 0 Å². The zero-order valence-corrected chi connectivity index (χ0v) is 12.7. The van der Waals surface area contributed by atoms with Crippen LogP contribution in [0.25, 0.3) is 0 Å². The Balaban J connectivity index is 1.63. The van der Waals surface area contributed by atoms with Crippen molar-refractivity contribution in [2.45, 2.75) is 31.7 Å². The molecular formula is C16H21N3O3. The minimum absolute atomic E-state index is 0.00704. The maximum Gasteiger partial charge on any atom is 0.269 e. The van der Waals surface area contributed by atoms with E-state index in [4.69, 9.17) is 0 Å². The molecule has 1 amide bonds. The van der Waals surface area contributed by atoms with Gasteiger partial charge in [-0.3, -0.25) is 14.9 Å². The van der Waals surface area contributed by atoms with Crippen molar-refractivity contribution >= 4 is 11.6 Å². The number of hydrogen-bond acceptors (Lipinski definition) is 4. The van der Waals surface area contributed by atoms with Gasteiger partial charge in [0.05, 0.1) is 10.8 Å². The molecule has 22 heavy (non-hydrogen) atoms. The molecule has 3 aliphatic heterocycles. The van der Waals surface area contributed by atoms with Gasteiger partial charge in [0.15, 0.2) is 0 Å². The molecule has 3 saturated heterocycles. The third-order valence-electron chi connectivity index (χ3n) is 4.98. The number of amides is 1. The zero-order valence-electron chi connectivity index (χ0n) is 12.7. The van der Waals surface area contributed by atoms with Crippen molar-refractivity contribution in [3.8, 4) is 0 Å². The number of nitrogens with one attached hydrogen (secondary N) is 1. The minimum atomic E-state index is -0.429. The van der Waals surface area contributed by atoms with E-state index >= 15 is 0 Å². The average molecular weight is 303 g/mol. The number of rotatable bonds is 4. The molecule has 3 heterocycles. The summed E-state index contributed by atoms with van der Waals surface area (Å²) in [5, 5.41) is 13.8. The van der Waals surface area contributed by atoms with Crippen LogP contribution < -0.4 is 5.32 Å². The molecule has 6 heteroatoms. The Kier molecular flexibility index (Phi) is 4.11. The first-order valence-electron chi connectivity index (χ1n) is 7.81. The standard InChI is InChI=1S/C16H21N3O3/c1-11(12-2-4-14(5-3-12)19(21)22)16(20)17-15-10-18-8-6-13(15)7-9-18/h2-5,11,13,15H,6-10H2,1H3,(H,17,20). The van der Waals surface area contributed by atoms with Gasteiger partial charge in [-0.1, -0.05) is 12.1 Å². The molecule has 3 aliphatic rings. The molecule has 118 valence electrons. The molecule has 0 radical (unpaired) electrons. The Hall–Kier alpha value is -1.95. The molecule has 1 N–H and O–H groups in total. The fourth-order valence-electron chi connectivity index (χ4n) is 3.47. The van der Waals surface area contributed by atoms with Crippen molar-refractivity contribution in [2.24, 2.45) is 5.92 Å². The van der Waals surface area contributed by atoms with Crippen LogP contribution in [0.2, 0.25) is 0 Å². The van der Waals surface area contributed by atoms with Crippen molar-refractivity contribution in [1.82, 2.24) is 10.2 Å². The summed E-state index contributed by atoms with van der Waals surface area (Å²) in [5.74, 6) is 0.307. The smallest absolute Gasteiger partial charge is 0.269 e. The van der Waals surface area contributed by atoms with E-state index < -0.39 is 4.92 Å². The largest absolute Gasteiger partial charge is 0.351 e. The molecule has 2 atom stereocenters. The van der Waals surface area contributed by atoms with E-state index in [0.717, 1.165) is 38.0 Å². The second-order valence-electron chi connectivity index (χ2n) is 6.32. The Labute approximate surface area is 129 Å². The molecule has 3 fully saturated rings.